The molecule has 2 aromatic carbocycles. The molecule has 3 rings (SSSR count). The van der Waals surface area contributed by atoms with Gasteiger partial charge in [0.05, 0.1) is 19.1 Å². The van der Waals surface area contributed by atoms with Gasteiger partial charge >= 0.3 is 0 Å². The molecule has 0 radical (unpaired) electrons. The second kappa shape index (κ2) is 9.17. The molecule has 30 heavy (non-hydrogen) atoms. The number of methoxy groups -OCH3 is 2. The van der Waals surface area contributed by atoms with Crippen molar-refractivity contribution in [3.63, 3.8) is 0 Å². The molecule has 0 saturated heterocycles. The van der Waals surface area contributed by atoms with Gasteiger partial charge in [-0.05, 0) is 30.7 Å². The molecule has 0 aromatic heterocycles. The number of fused-ring (bicyclic) bond motifs is 1. The lowest BCUT2D eigenvalue weighted by molar-refractivity contribution is -0.130. The Morgan fingerprint density at radius 3 is 2.63 bits per heavy atom. The van der Waals surface area contributed by atoms with Gasteiger partial charge in [-0.15, -0.1) is 0 Å². The topological polar surface area (TPSA) is 97.3 Å². The summed E-state index contributed by atoms with van der Waals surface area (Å²) in [6, 6.07) is 12.2. The number of carbonyl (C=O) groups excluding carboxylic acids is 1. The van der Waals surface area contributed by atoms with Gasteiger partial charge in [0.15, 0.2) is 0 Å². The molecule has 0 bridgehead atoms. The Labute approximate surface area is 176 Å². The van der Waals surface area contributed by atoms with Gasteiger partial charge in [-0.3, -0.25) is 14.5 Å². The number of amidine groups is 1. The van der Waals surface area contributed by atoms with Crippen LogP contribution in [0, 0.1) is 0 Å². The van der Waals surface area contributed by atoms with Gasteiger partial charge in [0.25, 0.3) is 10.0 Å². The van der Waals surface area contributed by atoms with E-state index in [1.807, 2.05) is 12.1 Å². The second-order valence-corrected chi connectivity index (χ2v) is 8.51. The minimum absolute atomic E-state index is 0.0273. The Balaban J connectivity index is 1.55. The highest BCUT2D eigenvalue weighted by Gasteiger charge is 2.29. The fourth-order valence-electron chi connectivity index (χ4n) is 3.19. The van der Waals surface area contributed by atoms with E-state index < -0.39 is 10.0 Å². The predicted molar refractivity (Wildman–Crippen MR) is 113 cm³/mol. The monoisotopic (exact) mass is 431 g/mol. The predicted octanol–water partition coefficient (Wildman–Crippen LogP) is 2.18. The van der Waals surface area contributed by atoms with Crippen molar-refractivity contribution in [2.75, 3.05) is 27.8 Å². The van der Waals surface area contributed by atoms with Gasteiger partial charge < -0.3 is 14.4 Å². The third-order valence-electron chi connectivity index (χ3n) is 4.81. The van der Waals surface area contributed by atoms with Gasteiger partial charge in [-0.1, -0.05) is 12.1 Å². The average molecular weight is 432 g/mol. The summed E-state index contributed by atoms with van der Waals surface area (Å²) in [4.78, 5) is 18.7. The Kier molecular flexibility index (Phi) is 6.61. The smallest absolute Gasteiger partial charge is 0.263 e. The molecule has 160 valence electrons. The molecule has 9 heteroatoms. The summed E-state index contributed by atoms with van der Waals surface area (Å²) >= 11 is 0. The first kappa shape index (κ1) is 21.6. The standard InChI is InChI=1S/C21H25N3O5S/c1-24(14-15-10-11-16(28-2)13-18(15)29-3)20(25)9-6-12-22-21-17-7-4-5-8-19(17)30(26,27)23-21/h4-5,7-8,10-11,13H,6,9,12,14H2,1-3H3,(H,22,23). The van der Waals surface area contributed by atoms with Crippen molar-refractivity contribution >= 4 is 21.8 Å². The van der Waals surface area contributed by atoms with E-state index in [1.165, 1.54) is 0 Å². The Bertz CT molecular complexity index is 1070. The Hall–Kier alpha value is -3.07. The molecule has 2 aromatic rings. The maximum absolute atomic E-state index is 12.5. The lowest BCUT2D eigenvalue weighted by Crippen LogP contribution is -2.26. The number of nitrogens with one attached hydrogen (secondary N) is 1. The maximum atomic E-state index is 12.5. The SMILES string of the molecule is COc1ccc(CN(C)C(=O)CCCN=C2NS(=O)(=O)c3ccccc32)c(OC)c1. The van der Waals surface area contributed by atoms with Crippen molar-refractivity contribution in [1.29, 1.82) is 0 Å². The molecule has 0 fully saturated rings. The largest absolute Gasteiger partial charge is 0.497 e. The minimum Gasteiger partial charge on any atom is -0.497 e. The third-order valence-corrected chi connectivity index (χ3v) is 6.21. The molecule has 1 N–H and O–H groups in total. The van der Waals surface area contributed by atoms with E-state index in [-0.39, 0.29) is 10.8 Å². The lowest BCUT2D eigenvalue weighted by atomic mass is 10.1. The molecule has 1 aliphatic rings. The van der Waals surface area contributed by atoms with Crippen molar-refractivity contribution in [2.24, 2.45) is 4.99 Å². The van der Waals surface area contributed by atoms with E-state index in [0.29, 0.717) is 48.8 Å². The maximum Gasteiger partial charge on any atom is 0.263 e. The van der Waals surface area contributed by atoms with E-state index in [2.05, 4.69) is 9.71 Å². The van der Waals surface area contributed by atoms with Gasteiger partial charge in [0.1, 0.15) is 17.3 Å². The first-order valence-electron chi connectivity index (χ1n) is 9.47. The van der Waals surface area contributed by atoms with Crippen molar-refractivity contribution < 1.29 is 22.7 Å². The fourth-order valence-corrected chi connectivity index (χ4v) is 4.44. The zero-order valence-corrected chi connectivity index (χ0v) is 18.0. The van der Waals surface area contributed by atoms with Gasteiger partial charge in [0.2, 0.25) is 5.91 Å². The van der Waals surface area contributed by atoms with Crippen LogP contribution in [0.3, 0.4) is 0 Å². The summed E-state index contributed by atoms with van der Waals surface area (Å²) in [6.45, 7) is 0.755. The van der Waals surface area contributed by atoms with Crippen LogP contribution < -0.4 is 14.2 Å². The summed E-state index contributed by atoms with van der Waals surface area (Å²) in [7, 11) is 1.35. The van der Waals surface area contributed by atoms with Crippen molar-refractivity contribution in [2.45, 2.75) is 24.3 Å². The molecule has 0 atom stereocenters. The van der Waals surface area contributed by atoms with Crippen molar-refractivity contribution in [3.8, 4) is 11.5 Å². The normalized spacial score (nSPS) is 15.4. The van der Waals surface area contributed by atoms with E-state index in [1.54, 1.807) is 56.5 Å². The van der Waals surface area contributed by atoms with E-state index >= 15 is 0 Å². The van der Waals surface area contributed by atoms with Gasteiger partial charge in [-0.2, -0.15) is 0 Å². The summed E-state index contributed by atoms with van der Waals surface area (Å²) in [5.41, 5.74) is 1.44. The van der Waals surface area contributed by atoms with Crippen molar-refractivity contribution in [1.82, 2.24) is 9.62 Å². The number of aliphatic imine (C=N–C) groups is 1. The molecule has 1 heterocycles. The number of sulfonamides is 1. The quantitative estimate of drug-likeness (QED) is 0.646. The molecular formula is C21H25N3O5S. The molecule has 0 spiro atoms. The lowest BCUT2D eigenvalue weighted by Gasteiger charge is -2.19. The molecule has 0 unspecified atom stereocenters. The van der Waals surface area contributed by atoms with Crippen LogP contribution in [0.1, 0.15) is 24.0 Å². The molecule has 1 amide bonds. The highest BCUT2D eigenvalue weighted by atomic mass is 32.2. The second-order valence-electron chi connectivity index (χ2n) is 6.86. The molecule has 0 saturated carbocycles. The van der Waals surface area contributed by atoms with E-state index in [9.17, 15) is 13.2 Å². The van der Waals surface area contributed by atoms with Crippen LogP contribution in [0.15, 0.2) is 52.4 Å². The zero-order valence-electron chi connectivity index (χ0n) is 17.2. The van der Waals surface area contributed by atoms with Gasteiger partial charge in [0, 0.05) is 43.8 Å². The summed E-state index contributed by atoms with van der Waals surface area (Å²) in [5.74, 6) is 1.65. The molecule has 0 aliphatic carbocycles. The highest BCUT2D eigenvalue weighted by Crippen LogP contribution is 2.26. The number of amides is 1. The number of rotatable bonds is 8. The van der Waals surface area contributed by atoms with Crippen LogP contribution in [0.25, 0.3) is 0 Å². The van der Waals surface area contributed by atoms with E-state index in [4.69, 9.17) is 9.47 Å². The molecular weight excluding hydrogens is 406 g/mol. The van der Waals surface area contributed by atoms with Crippen molar-refractivity contribution in [3.05, 3.63) is 53.6 Å². The third kappa shape index (κ3) is 4.73. The van der Waals surface area contributed by atoms with E-state index in [0.717, 1.165) is 5.56 Å². The summed E-state index contributed by atoms with van der Waals surface area (Å²) in [5, 5.41) is 0. The first-order chi connectivity index (χ1) is 14.4. The average Bonchev–Trinajstić information content (AvgIpc) is 3.01. The van der Waals surface area contributed by atoms with Crippen LogP contribution in [0.2, 0.25) is 0 Å². The summed E-state index contributed by atoms with van der Waals surface area (Å²) < 4.78 is 37.2. The number of hydrogen-bond acceptors (Lipinski definition) is 6. The first-order valence-corrected chi connectivity index (χ1v) is 11.0. The van der Waals surface area contributed by atoms with Gasteiger partial charge in [-0.25, -0.2) is 8.42 Å². The molecule has 8 nitrogen and oxygen atoms in total. The fraction of sp³-hybridized carbons (Fsp3) is 0.333. The summed E-state index contributed by atoms with van der Waals surface area (Å²) in [6.07, 6.45) is 0.816. The highest BCUT2D eigenvalue weighted by molar-refractivity contribution is 7.90. The van der Waals surface area contributed by atoms with Crippen LogP contribution >= 0.6 is 0 Å². The number of benzene rings is 2. The number of ether oxygens (including phenoxy) is 2. The van der Waals surface area contributed by atoms with Crippen LogP contribution in [-0.4, -0.2) is 52.9 Å². The number of nitrogens with zero attached hydrogens (tertiary/aromatic N) is 2. The molecule has 1 aliphatic heterocycles. The number of hydrogen-bond donors (Lipinski definition) is 1. The van der Waals surface area contributed by atoms with Crippen LogP contribution in [0.5, 0.6) is 11.5 Å². The Morgan fingerprint density at radius 2 is 1.90 bits per heavy atom. The van der Waals surface area contributed by atoms with Crippen LogP contribution in [0.4, 0.5) is 0 Å². The number of carbonyl (C=O) groups is 1. The van der Waals surface area contributed by atoms with Crippen LogP contribution in [-0.2, 0) is 21.4 Å². The Morgan fingerprint density at radius 1 is 1.13 bits per heavy atom. The zero-order chi connectivity index (χ0) is 21.7. The minimum atomic E-state index is -3.54.